The summed E-state index contributed by atoms with van der Waals surface area (Å²) in [5, 5.41) is 11.6. The Balaban J connectivity index is 1.83. The molecule has 1 aliphatic heterocycles. The molecule has 0 radical (unpaired) electrons. The van der Waals surface area contributed by atoms with Gasteiger partial charge in [-0.3, -0.25) is 14.5 Å². The molecule has 0 bridgehead atoms. The number of aromatic nitrogens is 1. The predicted octanol–water partition coefficient (Wildman–Crippen LogP) is 5.33. The van der Waals surface area contributed by atoms with Gasteiger partial charge in [0.2, 0.25) is 5.78 Å². The van der Waals surface area contributed by atoms with Crippen LogP contribution in [0.1, 0.15) is 45.3 Å². The first-order valence-electron chi connectivity index (χ1n) is 10.5. The summed E-state index contributed by atoms with van der Waals surface area (Å²) < 4.78 is 5.73. The van der Waals surface area contributed by atoms with Gasteiger partial charge >= 0.3 is 0 Å². The predicted molar refractivity (Wildman–Crippen MR) is 124 cm³/mol. The van der Waals surface area contributed by atoms with Crippen LogP contribution in [0.4, 0.5) is 5.69 Å². The van der Waals surface area contributed by atoms with Crippen molar-refractivity contribution in [3.8, 4) is 5.75 Å². The summed E-state index contributed by atoms with van der Waals surface area (Å²) in [4.78, 5) is 33.0. The standard InChI is InChI=1S/C25H24N2O4S/c1-4-13-31-19-12-8-11-18(14-19)27-21(17-9-6-5-7-10-17)20(23(29)25(27)30)22(28)24-15(2)26-16(3)32-24/h5-12,14,21,29H,4,13H2,1-3H3. The summed E-state index contributed by atoms with van der Waals surface area (Å²) in [6.45, 7) is 6.15. The van der Waals surface area contributed by atoms with Gasteiger partial charge in [-0.05, 0) is 38.0 Å². The molecule has 1 aliphatic rings. The molecule has 6 nitrogen and oxygen atoms in total. The van der Waals surface area contributed by atoms with Crippen LogP contribution in [0.2, 0.25) is 0 Å². The number of hydrogen-bond acceptors (Lipinski definition) is 6. The van der Waals surface area contributed by atoms with Crippen molar-refractivity contribution in [1.82, 2.24) is 4.98 Å². The normalized spacial score (nSPS) is 16.0. The Labute approximate surface area is 190 Å². The summed E-state index contributed by atoms with van der Waals surface area (Å²) in [7, 11) is 0. The molecular formula is C25H24N2O4S. The third kappa shape index (κ3) is 3.91. The lowest BCUT2D eigenvalue weighted by molar-refractivity contribution is -0.117. The first kappa shape index (κ1) is 21.8. The smallest absolute Gasteiger partial charge is 0.294 e. The molecule has 0 fully saturated rings. The van der Waals surface area contributed by atoms with Crippen molar-refractivity contribution < 1.29 is 19.4 Å². The van der Waals surface area contributed by atoms with E-state index in [-0.39, 0.29) is 11.4 Å². The third-order valence-corrected chi connectivity index (χ3v) is 6.32. The van der Waals surface area contributed by atoms with E-state index in [0.29, 0.717) is 28.6 Å². The fourth-order valence-corrected chi connectivity index (χ4v) is 4.74. The number of carbonyl (C=O) groups is 2. The van der Waals surface area contributed by atoms with Crippen LogP contribution in [0.3, 0.4) is 0 Å². The lowest BCUT2D eigenvalue weighted by atomic mass is 9.95. The number of rotatable bonds is 7. The lowest BCUT2D eigenvalue weighted by Gasteiger charge is -2.27. The van der Waals surface area contributed by atoms with Gasteiger partial charge < -0.3 is 9.84 Å². The van der Waals surface area contributed by atoms with E-state index in [1.807, 2.05) is 50.2 Å². The molecule has 164 valence electrons. The van der Waals surface area contributed by atoms with E-state index in [1.165, 1.54) is 16.2 Å². The highest BCUT2D eigenvalue weighted by molar-refractivity contribution is 7.14. The zero-order valence-electron chi connectivity index (χ0n) is 18.2. The number of anilines is 1. The van der Waals surface area contributed by atoms with Crippen molar-refractivity contribution >= 4 is 28.7 Å². The number of nitrogens with zero attached hydrogens (tertiary/aromatic N) is 2. The van der Waals surface area contributed by atoms with Crippen LogP contribution in [0.15, 0.2) is 65.9 Å². The maximum atomic E-state index is 13.6. The molecule has 0 spiro atoms. The molecule has 32 heavy (non-hydrogen) atoms. The number of aryl methyl sites for hydroxylation is 2. The average molecular weight is 449 g/mol. The third-order valence-electron chi connectivity index (χ3n) is 5.25. The monoisotopic (exact) mass is 448 g/mol. The van der Waals surface area contributed by atoms with Crippen molar-refractivity contribution in [3.63, 3.8) is 0 Å². The first-order valence-corrected chi connectivity index (χ1v) is 11.3. The highest BCUT2D eigenvalue weighted by atomic mass is 32.1. The fraction of sp³-hybridized carbons (Fsp3) is 0.240. The van der Waals surface area contributed by atoms with Gasteiger partial charge in [0.15, 0.2) is 5.76 Å². The Bertz CT molecular complexity index is 1200. The highest BCUT2D eigenvalue weighted by Crippen LogP contribution is 2.43. The second-order valence-corrected chi connectivity index (χ2v) is 8.78. The number of carbonyl (C=O) groups excluding carboxylic acids is 2. The quantitative estimate of drug-likeness (QED) is 0.494. The largest absolute Gasteiger partial charge is 0.503 e. The summed E-state index contributed by atoms with van der Waals surface area (Å²) >= 11 is 1.26. The number of thiazole rings is 1. The Morgan fingerprint density at radius 3 is 2.56 bits per heavy atom. The number of ether oxygens (including phenoxy) is 1. The molecule has 0 aliphatic carbocycles. The Kier molecular flexibility index (Phi) is 6.10. The molecule has 1 N–H and O–H groups in total. The van der Waals surface area contributed by atoms with Crippen LogP contribution < -0.4 is 9.64 Å². The molecule has 2 heterocycles. The highest BCUT2D eigenvalue weighted by Gasteiger charge is 2.45. The van der Waals surface area contributed by atoms with Gasteiger partial charge in [-0.15, -0.1) is 11.3 Å². The van der Waals surface area contributed by atoms with Crippen LogP contribution in [0.5, 0.6) is 5.75 Å². The van der Waals surface area contributed by atoms with Crippen LogP contribution in [0.25, 0.3) is 0 Å². The van der Waals surface area contributed by atoms with Gasteiger partial charge in [0.05, 0.1) is 33.8 Å². The second-order valence-electron chi connectivity index (χ2n) is 7.57. The van der Waals surface area contributed by atoms with Gasteiger partial charge in [0.25, 0.3) is 5.91 Å². The Hall–Kier alpha value is -3.45. The van der Waals surface area contributed by atoms with Crippen molar-refractivity contribution in [1.29, 1.82) is 0 Å². The van der Waals surface area contributed by atoms with Crippen LogP contribution in [-0.2, 0) is 4.79 Å². The molecule has 1 atom stereocenters. The van der Waals surface area contributed by atoms with Gasteiger partial charge in [-0.2, -0.15) is 0 Å². The van der Waals surface area contributed by atoms with Gasteiger partial charge in [0, 0.05) is 11.8 Å². The molecule has 7 heteroatoms. The summed E-state index contributed by atoms with van der Waals surface area (Å²) in [6, 6.07) is 15.6. The van der Waals surface area contributed by atoms with E-state index in [1.54, 1.807) is 25.1 Å². The molecular weight excluding hydrogens is 424 g/mol. The molecule has 0 saturated carbocycles. The van der Waals surface area contributed by atoms with E-state index in [2.05, 4.69) is 4.98 Å². The SMILES string of the molecule is CCCOc1cccc(N2C(=O)C(O)=C(C(=O)c3sc(C)nc3C)C2c2ccccc2)c1. The molecule has 1 amide bonds. The number of aliphatic hydroxyl groups is 1. The number of hydrogen-bond donors (Lipinski definition) is 1. The minimum Gasteiger partial charge on any atom is -0.503 e. The topological polar surface area (TPSA) is 79.7 Å². The Morgan fingerprint density at radius 1 is 1.16 bits per heavy atom. The average Bonchev–Trinajstić information content (AvgIpc) is 3.28. The maximum Gasteiger partial charge on any atom is 0.294 e. The van der Waals surface area contributed by atoms with Crippen molar-refractivity contribution in [2.75, 3.05) is 11.5 Å². The summed E-state index contributed by atoms with van der Waals surface area (Å²) in [5.41, 5.74) is 1.93. The van der Waals surface area contributed by atoms with E-state index in [9.17, 15) is 14.7 Å². The second kappa shape index (κ2) is 8.96. The van der Waals surface area contributed by atoms with Crippen LogP contribution >= 0.6 is 11.3 Å². The number of ketones is 1. The Morgan fingerprint density at radius 2 is 1.91 bits per heavy atom. The van der Waals surface area contributed by atoms with E-state index >= 15 is 0 Å². The van der Waals surface area contributed by atoms with Crippen molar-refractivity contribution in [2.24, 2.45) is 0 Å². The number of amides is 1. The molecule has 0 saturated heterocycles. The van der Waals surface area contributed by atoms with Crippen molar-refractivity contribution in [3.05, 3.63) is 87.1 Å². The van der Waals surface area contributed by atoms with Crippen LogP contribution in [0, 0.1) is 13.8 Å². The zero-order chi connectivity index (χ0) is 22.8. The summed E-state index contributed by atoms with van der Waals surface area (Å²) in [6.07, 6.45) is 0.855. The molecule has 4 rings (SSSR count). The maximum absolute atomic E-state index is 13.6. The van der Waals surface area contributed by atoms with E-state index in [4.69, 9.17) is 4.74 Å². The van der Waals surface area contributed by atoms with Gasteiger partial charge in [0.1, 0.15) is 5.75 Å². The minimum atomic E-state index is -0.764. The number of aliphatic hydroxyl groups excluding tert-OH is 1. The lowest BCUT2D eigenvalue weighted by Crippen LogP contribution is -2.31. The van der Waals surface area contributed by atoms with Gasteiger partial charge in [-0.25, -0.2) is 4.98 Å². The fourth-order valence-electron chi connectivity index (χ4n) is 3.86. The summed E-state index contributed by atoms with van der Waals surface area (Å²) in [5.74, 6) is -0.909. The number of Topliss-reactive ketones (excluding diaryl/α,β-unsaturated/α-hetero) is 1. The van der Waals surface area contributed by atoms with E-state index < -0.39 is 17.7 Å². The molecule has 1 unspecified atom stereocenters. The molecule has 3 aromatic rings. The number of benzene rings is 2. The van der Waals surface area contributed by atoms with E-state index in [0.717, 1.165) is 17.0 Å². The first-order chi connectivity index (χ1) is 15.4. The molecule has 2 aromatic carbocycles. The van der Waals surface area contributed by atoms with Crippen molar-refractivity contribution in [2.45, 2.75) is 33.2 Å². The zero-order valence-corrected chi connectivity index (χ0v) is 19.0. The van der Waals surface area contributed by atoms with Gasteiger partial charge in [-0.1, -0.05) is 43.3 Å². The molecule has 1 aromatic heterocycles. The van der Waals surface area contributed by atoms with Crippen LogP contribution in [-0.4, -0.2) is 28.4 Å². The minimum absolute atomic E-state index is 0.0628.